The Morgan fingerprint density at radius 2 is 2.10 bits per heavy atom. The maximum atomic E-state index is 13.9. The third-order valence-electron chi connectivity index (χ3n) is 3.12. The van der Waals surface area contributed by atoms with Crippen molar-refractivity contribution in [3.05, 3.63) is 23.6 Å². The van der Waals surface area contributed by atoms with Crippen molar-refractivity contribution < 1.29 is 9.18 Å². The number of hydrogen-bond acceptors (Lipinski definition) is 5. The van der Waals surface area contributed by atoms with E-state index in [1.54, 1.807) is 12.1 Å². The minimum atomic E-state index is -0.587. The largest absolute Gasteiger partial charge is 0.354 e. The first-order chi connectivity index (χ1) is 9.56. The first kappa shape index (κ1) is 14.4. The molecule has 1 aliphatic heterocycles. The molecule has 0 spiro atoms. The van der Waals surface area contributed by atoms with Crippen molar-refractivity contribution in [2.75, 3.05) is 38.1 Å². The first-order valence-electron chi connectivity index (χ1n) is 6.46. The number of amides is 1. The van der Waals surface area contributed by atoms with Crippen LogP contribution in [-0.2, 0) is 4.79 Å². The quantitative estimate of drug-likeness (QED) is 0.495. The van der Waals surface area contributed by atoms with Crippen molar-refractivity contribution >= 4 is 17.9 Å². The summed E-state index contributed by atoms with van der Waals surface area (Å²) in [7, 11) is 2.06. The molecule has 1 aliphatic rings. The van der Waals surface area contributed by atoms with Gasteiger partial charge in [0.2, 0.25) is 11.9 Å². The average Bonchev–Trinajstić information content (AvgIpc) is 2.41. The lowest BCUT2D eigenvalue weighted by Crippen LogP contribution is -2.44. The van der Waals surface area contributed by atoms with Crippen molar-refractivity contribution in [3.8, 4) is 0 Å². The number of piperazine rings is 1. The molecular weight excluding hydrogens is 261 g/mol. The normalized spacial score (nSPS) is 16.6. The van der Waals surface area contributed by atoms with Crippen LogP contribution in [0.15, 0.2) is 17.2 Å². The van der Waals surface area contributed by atoms with E-state index in [-0.39, 0.29) is 11.5 Å². The molecule has 20 heavy (non-hydrogen) atoms. The first-order valence-corrected chi connectivity index (χ1v) is 6.46. The lowest BCUT2D eigenvalue weighted by Gasteiger charge is -2.33. The molecule has 1 aromatic rings. The Balaban J connectivity index is 2.05. The number of aromatic nitrogens is 1. The standard InChI is InChI=1S/C13H18FN5O/c1-10(20)17-15-9-11-3-4-12(16-13(11)14)19-7-5-18(2)6-8-19/h3-4,9H,5-8H2,1-2H3,(H,17,20)/b15-9+. The van der Waals surface area contributed by atoms with Gasteiger partial charge in [-0.05, 0) is 19.2 Å². The predicted molar refractivity (Wildman–Crippen MR) is 75.3 cm³/mol. The van der Waals surface area contributed by atoms with Gasteiger partial charge in [0, 0.05) is 38.7 Å². The molecule has 6 nitrogen and oxygen atoms in total. The van der Waals surface area contributed by atoms with Crippen molar-refractivity contribution in [2.45, 2.75) is 6.92 Å². The van der Waals surface area contributed by atoms with E-state index < -0.39 is 5.95 Å². The number of nitrogens with one attached hydrogen (secondary N) is 1. The Labute approximate surface area is 117 Å². The smallest absolute Gasteiger partial charge is 0.236 e. The van der Waals surface area contributed by atoms with Crippen molar-refractivity contribution in [1.29, 1.82) is 0 Å². The molecule has 0 saturated carbocycles. The van der Waals surface area contributed by atoms with Crippen LogP contribution in [0.2, 0.25) is 0 Å². The molecule has 1 fully saturated rings. The molecule has 1 N–H and O–H groups in total. The summed E-state index contributed by atoms with van der Waals surface area (Å²) in [5, 5.41) is 3.63. The third kappa shape index (κ3) is 3.74. The highest BCUT2D eigenvalue weighted by Crippen LogP contribution is 2.15. The van der Waals surface area contributed by atoms with Crippen LogP contribution < -0.4 is 10.3 Å². The maximum Gasteiger partial charge on any atom is 0.236 e. The second kappa shape index (κ2) is 6.42. The Kier molecular flexibility index (Phi) is 4.62. The number of halogens is 1. The minimum Gasteiger partial charge on any atom is -0.354 e. The van der Waals surface area contributed by atoms with Crippen LogP contribution in [0.25, 0.3) is 0 Å². The summed E-state index contributed by atoms with van der Waals surface area (Å²) < 4.78 is 13.9. The highest BCUT2D eigenvalue weighted by atomic mass is 19.1. The van der Waals surface area contributed by atoms with Gasteiger partial charge in [-0.2, -0.15) is 9.49 Å². The van der Waals surface area contributed by atoms with Gasteiger partial charge in [-0.1, -0.05) is 0 Å². The third-order valence-corrected chi connectivity index (χ3v) is 3.12. The average molecular weight is 279 g/mol. The second-order valence-corrected chi connectivity index (χ2v) is 4.77. The number of rotatable bonds is 3. The number of likely N-dealkylation sites (N-methyl/N-ethyl adjacent to an activating group) is 1. The van der Waals surface area contributed by atoms with E-state index in [0.717, 1.165) is 26.2 Å². The molecule has 7 heteroatoms. The van der Waals surface area contributed by atoms with Crippen LogP contribution >= 0.6 is 0 Å². The van der Waals surface area contributed by atoms with E-state index in [4.69, 9.17) is 0 Å². The van der Waals surface area contributed by atoms with Gasteiger partial charge in [-0.25, -0.2) is 10.4 Å². The zero-order valence-electron chi connectivity index (χ0n) is 11.6. The summed E-state index contributed by atoms with van der Waals surface area (Å²) in [5.41, 5.74) is 2.47. The number of pyridine rings is 1. The lowest BCUT2D eigenvalue weighted by atomic mass is 10.2. The SMILES string of the molecule is CC(=O)N/N=C/c1ccc(N2CCN(C)CC2)nc1F. The second-order valence-electron chi connectivity index (χ2n) is 4.77. The molecule has 1 saturated heterocycles. The molecule has 2 heterocycles. The summed E-state index contributed by atoms with van der Waals surface area (Å²) in [6.07, 6.45) is 1.25. The summed E-state index contributed by atoms with van der Waals surface area (Å²) >= 11 is 0. The van der Waals surface area contributed by atoms with Crippen LogP contribution in [0.3, 0.4) is 0 Å². The zero-order valence-corrected chi connectivity index (χ0v) is 11.6. The molecule has 0 radical (unpaired) electrons. The van der Waals surface area contributed by atoms with Crippen molar-refractivity contribution in [1.82, 2.24) is 15.3 Å². The lowest BCUT2D eigenvalue weighted by molar-refractivity contribution is -0.118. The van der Waals surface area contributed by atoms with Crippen LogP contribution in [0.4, 0.5) is 10.2 Å². The van der Waals surface area contributed by atoms with Gasteiger partial charge >= 0.3 is 0 Å². The van der Waals surface area contributed by atoms with Crippen LogP contribution in [0.1, 0.15) is 12.5 Å². The Morgan fingerprint density at radius 3 is 2.70 bits per heavy atom. The molecule has 108 valence electrons. The van der Waals surface area contributed by atoms with Gasteiger partial charge in [0.25, 0.3) is 0 Å². The van der Waals surface area contributed by atoms with Gasteiger partial charge < -0.3 is 9.80 Å². The van der Waals surface area contributed by atoms with Crippen LogP contribution in [0, 0.1) is 5.95 Å². The number of nitrogens with zero attached hydrogens (tertiary/aromatic N) is 4. The fourth-order valence-corrected chi connectivity index (χ4v) is 1.94. The summed E-state index contributed by atoms with van der Waals surface area (Å²) in [5.74, 6) is -0.258. The molecule has 2 rings (SSSR count). The maximum absolute atomic E-state index is 13.9. The Morgan fingerprint density at radius 1 is 1.40 bits per heavy atom. The highest BCUT2D eigenvalue weighted by Gasteiger charge is 2.16. The van der Waals surface area contributed by atoms with Gasteiger partial charge in [0.1, 0.15) is 5.82 Å². The summed E-state index contributed by atoms with van der Waals surface area (Å²) in [6.45, 7) is 4.89. The van der Waals surface area contributed by atoms with Crippen LogP contribution in [0.5, 0.6) is 0 Å². The van der Waals surface area contributed by atoms with Gasteiger partial charge in [-0.3, -0.25) is 4.79 Å². The molecule has 1 aromatic heterocycles. The van der Waals surface area contributed by atoms with Crippen LogP contribution in [-0.4, -0.2) is 55.2 Å². The zero-order chi connectivity index (χ0) is 14.5. The van der Waals surface area contributed by atoms with E-state index in [9.17, 15) is 9.18 Å². The van der Waals surface area contributed by atoms with Crippen molar-refractivity contribution in [3.63, 3.8) is 0 Å². The molecule has 0 aromatic carbocycles. The molecule has 0 atom stereocenters. The molecule has 0 aliphatic carbocycles. The monoisotopic (exact) mass is 279 g/mol. The topological polar surface area (TPSA) is 60.8 Å². The fourth-order valence-electron chi connectivity index (χ4n) is 1.94. The molecular formula is C13H18FN5O. The van der Waals surface area contributed by atoms with E-state index in [1.165, 1.54) is 13.1 Å². The highest BCUT2D eigenvalue weighted by molar-refractivity contribution is 5.81. The number of hydrogen-bond donors (Lipinski definition) is 1. The number of carbonyl (C=O) groups is 1. The summed E-state index contributed by atoms with van der Waals surface area (Å²) in [6, 6.07) is 3.38. The van der Waals surface area contributed by atoms with Gasteiger partial charge in [0.05, 0.1) is 6.21 Å². The Hall–Kier alpha value is -2.02. The van der Waals surface area contributed by atoms with E-state index in [2.05, 4.69) is 32.4 Å². The molecule has 1 amide bonds. The fraction of sp³-hybridized carbons (Fsp3) is 0.462. The molecule has 0 bridgehead atoms. The van der Waals surface area contributed by atoms with Crippen molar-refractivity contribution in [2.24, 2.45) is 5.10 Å². The van der Waals surface area contributed by atoms with E-state index >= 15 is 0 Å². The van der Waals surface area contributed by atoms with Gasteiger partial charge in [0.15, 0.2) is 0 Å². The van der Waals surface area contributed by atoms with E-state index in [1.807, 2.05) is 0 Å². The number of anilines is 1. The predicted octanol–water partition coefficient (Wildman–Crippen LogP) is 0.443. The van der Waals surface area contributed by atoms with E-state index in [0.29, 0.717) is 5.82 Å². The number of hydrazone groups is 1. The Bertz CT molecular complexity index is 511. The van der Waals surface area contributed by atoms with Gasteiger partial charge in [-0.15, -0.1) is 0 Å². The minimum absolute atomic E-state index is 0.247. The summed E-state index contributed by atoms with van der Waals surface area (Å²) in [4.78, 5) is 18.9. The molecule has 0 unspecified atom stereocenters. The number of carbonyl (C=O) groups excluding carboxylic acids is 1.